The Kier molecular flexibility index (Phi) is 2.76. The molecule has 3 heteroatoms. The van der Waals surface area contributed by atoms with E-state index in [9.17, 15) is 4.79 Å². The van der Waals surface area contributed by atoms with Crippen LogP contribution < -0.4 is 5.73 Å². The van der Waals surface area contributed by atoms with E-state index < -0.39 is 6.04 Å². The van der Waals surface area contributed by atoms with Gasteiger partial charge in [0, 0.05) is 13.1 Å². The van der Waals surface area contributed by atoms with Crippen LogP contribution in [-0.2, 0) is 4.79 Å². The fourth-order valence-corrected chi connectivity index (χ4v) is 1.23. The fraction of sp³-hybridized carbons (Fsp3) is 0.700. The van der Waals surface area contributed by atoms with Gasteiger partial charge in [0.2, 0.25) is 5.91 Å². The number of hydrogen-bond acceptors (Lipinski definition) is 2. The van der Waals surface area contributed by atoms with E-state index >= 15 is 0 Å². The summed E-state index contributed by atoms with van der Waals surface area (Å²) in [4.78, 5) is 13.5. The van der Waals surface area contributed by atoms with Crippen molar-refractivity contribution in [2.75, 3.05) is 13.1 Å². The molecule has 13 heavy (non-hydrogen) atoms. The van der Waals surface area contributed by atoms with Gasteiger partial charge in [-0.2, -0.15) is 0 Å². The molecule has 0 spiro atoms. The standard InChI is InChI=1S/C10H18N2O/c1-10(2,3)8(11)9(13)12-6-4-5-7-12/h4-5,8H,6-7,11H2,1-3H3. The van der Waals surface area contributed by atoms with Crippen LogP contribution in [0, 0.1) is 5.41 Å². The number of amides is 1. The van der Waals surface area contributed by atoms with Gasteiger partial charge in [0.25, 0.3) is 0 Å². The number of rotatable bonds is 1. The van der Waals surface area contributed by atoms with Crippen LogP contribution in [0.15, 0.2) is 12.2 Å². The molecule has 0 saturated heterocycles. The molecule has 1 aliphatic heterocycles. The predicted molar refractivity (Wildman–Crippen MR) is 53.2 cm³/mol. The lowest BCUT2D eigenvalue weighted by atomic mass is 9.86. The Morgan fingerprint density at radius 2 is 1.85 bits per heavy atom. The van der Waals surface area contributed by atoms with Gasteiger partial charge in [0.05, 0.1) is 6.04 Å². The molecule has 1 amide bonds. The van der Waals surface area contributed by atoms with Crippen molar-refractivity contribution in [1.82, 2.24) is 4.90 Å². The van der Waals surface area contributed by atoms with Gasteiger partial charge in [0.15, 0.2) is 0 Å². The smallest absolute Gasteiger partial charge is 0.240 e. The summed E-state index contributed by atoms with van der Waals surface area (Å²) in [6, 6.07) is -0.396. The van der Waals surface area contributed by atoms with Crippen molar-refractivity contribution in [1.29, 1.82) is 0 Å². The van der Waals surface area contributed by atoms with Crippen LogP contribution in [0.25, 0.3) is 0 Å². The average molecular weight is 182 g/mol. The van der Waals surface area contributed by atoms with Gasteiger partial charge in [-0.1, -0.05) is 32.9 Å². The first kappa shape index (κ1) is 10.3. The molecule has 0 saturated carbocycles. The number of hydrogen-bond donors (Lipinski definition) is 1. The summed E-state index contributed by atoms with van der Waals surface area (Å²) in [6.45, 7) is 7.38. The van der Waals surface area contributed by atoms with Crippen molar-refractivity contribution >= 4 is 5.91 Å². The molecular weight excluding hydrogens is 164 g/mol. The summed E-state index contributed by atoms with van der Waals surface area (Å²) in [5.41, 5.74) is 5.70. The molecule has 0 fully saturated rings. The van der Waals surface area contributed by atoms with Crippen LogP contribution in [0.1, 0.15) is 20.8 Å². The van der Waals surface area contributed by atoms with Crippen molar-refractivity contribution in [2.24, 2.45) is 11.1 Å². The maximum absolute atomic E-state index is 11.8. The average Bonchev–Trinajstić information content (AvgIpc) is 2.51. The van der Waals surface area contributed by atoms with E-state index in [-0.39, 0.29) is 11.3 Å². The lowest BCUT2D eigenvalue weighted by Gasteiger charge is -2.29. The molecule has 0 bridgehead atoms. The van der Waals surface area contributed by atoms with Gasteiger partial charge >= 0.3 is 0 Å². The molecule has 0 aromatic rings. The summed E-state index contributed by atoms with van der Waals surface area (Å²) in [5, 5.41) is 0. The molecule has 0 radical (unpaired) electrons. The summed E-state index contributed by atoms with van der Waals surface area (Å²) in [6.07, 6.45) is 3.99. The Hall–Kier alpha value is -0.830. The zero-order valence-corrected chi connectivity index (χ0v) is 8.58. The minimum absolute atomic E-state index is 0.0532. The van der Waals surface area contributed by atoms with E-state index in [0.29, 0.717) is 13.1 Å². The quantitative estimate of drug-likeness (QED) is 0.608. The first-order chi connectivity index (χ1) is 5.93. The molecule has 1 heterocycles. The van der Waals surface area contributed by atoms with Crippen LogP contribution in [-0.4, -0.2) is 29.9 Å². The second-order valence-electron chi connectivity index (χ2n) is 4.56. The number of carbonyl (C=O) groups excluding carboxylic acids is 1. The summed E-state index contributed by atoms with van der Waals surface area (Å²) in [7, 11) is 0. The van der Waals surface area contributed by atoms with Crippen LogP contribution in [0.3, 0.4) is 0 Å². The van der Waals surface area contributed by atoms with Crippen molar-refractivity contribution < 1.29 is 4.79 Å². The number of nitrogens with two attached hydrogens (primary N) is 1. The topological polar surface area (TPSA) is 46.3 Å². The highest BCUT2D eigenvalue weighted by atomic mass is 16.2. The highest BCUT2D eigenvalue weighted by molar-refractivity contribution is 5.83. The van der Waals surface area contributed by atoms with Crippen molar-refractivity contribution in [3.05, 3.63) is 12.2 Å². The molecule has 0 aromatic carbocycles. The van der Waals surface area contributed by atoms with E-state index in [0.717, 1.165) is 0 Å². The Morgan fingerprint density at radius 3 is 2.23 bits per heavy atom. The SMILES string of the molecule is CC(C)(C)C(N)C(=O)N1CC=CC1. The van der Waals surface area contributed by atoms with Gasteiger partial charge in [-0.05, 0) is 5.41 Å². The maximum atomic E-state index is 11.8. The third kappa shape index (κ3) is 2.31. The van der Waals surface area contributed by atoms with E-state index in [1.54, 1.807) is 4.90 Å². The van der Waals surface area contributed by atoms with Crippen LogP contribution in [0.4, 0.5) is 0 Å². The van der Waals surface area contributed by atoms with Gasteiger partial charge in [-0.3, -0.25) is 4.79 Å². The molecule has 1 aliphatic rings. The zero-order valence-electron chi connectivity index (χ0n) is 8.58. The zero-order chi connectivity index (χ0) is 10.1. The Balaban J connectivity index is 2.57. The molecule has 0 aliphatic carbocycles. The first-order valence-corrected chi connectivity index (χ1v) is 4.62. The van der Waals surface area contributed by atoms with Gasteiger partial charge in [-0.15, -0.1) is 0 Å². The lowest BCUT2D eigenvalue weighted by Crippen LogP contribution is -2.49. The molecular formula is C10H18N2O. The molecule has 1 atom stereocenters. The highest BCUT2D eigenvalue weighted by Crippen LogP contribution is 2.19. The van der Waals surface area contributed by atoms with Crippen LogP contribution in [0.5, 0.6) is 0 Å². The third-order valence-corrected chi connectivity index (χ3v) is 2.33. The normalized spacial score (nSPS) is 19.2. The largest absolute Gasteiger partial charge is 0.334 e. The number of carbonyl (C=O) groups is 1. The first-order valence-electron chi connectivity index (χ1n) is 4.62. The van der Waals surface area contributed by atoms with E-state index in [4.69, 9.17) is 5.73 Å². The van der Waals surface area contributed by atoms with Crippen molar-refractivity contribution in [3.8, 4) is 0 Å². The van der Waals surface area contributed by atoms with E-state index in [1.165, 1.54) is 0 Å². The van der Waals surface area contributed by atoms with Crippen LogP contribution >= 0.6 is 0 Å². The molecule has 0 aromatic heterocycles. The minimum atomic E-state index is -0.396. The Morgan fingerprint density at radius 1 is 1.38 bits per heavy atom. The lowest BCUT2D eigenvalue weighted by molar-refractivity contribution is -0.133. The van der Waals surface area contributed by atoms with E-state index in [1.807, 2.05) is 32.9 Å². The number of nitrogens with zero attached hydrogens (tertiary/aromatic N) is 1. The maximum Gasteiger partial charge on any atom is 0.240 e. The summed E-state index contributed by atoms with van der Waals surface area (Å²) < 4.78 is 0. The van der Waals surface area contributed by atoms with Crippen molar-refractivity contribution in [3.63, 3.8) is 0 Å². The highest BCUT2D eigenvalue weighted by Gasteiger charge is 2.30. The minimum Gasteiger partial charge on any atom is -0.334 e. The second-order valence-corrected chi connectivity index (χ2v) is 4.56. The Bertz CT molecular complexity index is 220. The van der Waals surface area contributed by atoms with Gasteiger partial charge in [0.1, 0.15) is 0 Å². The van der Waals surface area contributed by atoms with Gasteiger partial charge < -0.3 is 10.6 Å². The monoisotopic (exact) mass is 182 g/mol. The molecule has 74 valence electrons. The molecule has 1 unspecified atom stereocenters. The Labute approximate surface area is 79.6 Å². The summed E-state index contributed by atoms with van der Waals surface area (Å²) in [5.74, 6) is 0.0532. The van der Waals surface area contributed by atoms with Gasteiger partial charge in [-0.25, -0.2) is 0 Å². The predicted octanol–water partition coefficient (Wildman–Crippen LogP) is 0.758. The molecule has 1 rings (SSSR count). The van der Waals surface area contributed by atoms with E-state index in [2.05, 4.69) is 0 Å². The molecule has 2 N–H and O–H groups in total. The molecule has 3 nitrogen and oxygen atoms in total. The fourth-order valence-electron chi connectivity index (χ4n) is 1.23. The third-order valence-electron chi connectivity index (χ3n) is 2.33. The summed E-state index contributed by atoms with van der Waals surface area (Å²) >= 11 is 0. The van der Waals surface area contributed by atoms with Crippen molar-refractivity contribution in [2.45, 2.75) is 26.8 Å². The van der Waals surface area contributed by atoms with Crippen LogP contribution in [0.2, 0.25) is 0 Å². The second kappa shape index (κ2) is 3.50.